The summed E-state index contributed by atoms with van der Waals surface area (Å²) in [4.78, 5) is 23.2. The summed E-state index contributed by atoms with van der Waals surface area (Å²) in [5, 5.41) is 8.90. The van der Waals surface area contributed by atoms with Crippen molar-refractivity contribution in [3.8, 4) is 0 Å². The molecule has 0 aromatic heterocycles. The lowest BCUT2D eigenvalue weighted by atomic mass is 9.92. The first kappa shape index (κ1) is 20.2. The molecule has 1 aliphatic rings. The summed E-state index contributed by atoms with van der Waals surface area (Å²) in [6.07, 6.45) is 3.91. The van der Waals surface area contributed by atoms with E-state index in [-0.39, 0.29) is 36.2 Å². The molecule has 0 aliphatic carbocycles. The van der Waals surface area contributed by atoms with E-state index in [0.29, 0.717) is 18.9 Å². The lowest BCUT2D eigenvalue weighted by molar-refractivity contribution is -0.127. The van der Waals surface area contributed by atoms with Crippen molar-refractivity contribution in [2.24, 2.45) is 11.3 Å². The Hall–Kier alpha value is -0.810. The third kappa shape index (κ3) is 10.5. The average molecular weight is 320 g/mol. The van der Waals surface area contributed by atoms with Gasteiger partial charge in [0.1, 0.15) is 0 Å². The maximum atomic E-state index is 11.6. The van der Waals surface area contributed by atoms with Crippen molar-refractivity contribution in [2.45, 2.75) is 46.5 Å². The molecule has 1 atom stereocenters. The standard InChI is InChI=1S/C15H29N3O2.ClH/c1-15(2,3)9-13(19)18-11-14(20)17-8-6-12-5-4-7-16-10-12;/h12,16H,4-11H2,1-3H3,(H,17,20)(H,18,19);1H. The summed E-state index contributed by atoms with van der Waals surface area (Å²) in [7, 11) is 0. The second kappa shape index (κ2) is 10.0. The minimum Gasteiger partial charge on any atom is -0.355 e. The summed E-state index contributed by atoms with van der Waals surface area (Å²) < 4.78 is 0. The Labute approximate surface area is 134 Å². The average Bonchev–Trinajstić information content (AvgIpc) is 2.36. The van der Waals surface area contributed by atoms with Crippen LogP contribution in [0.1, 0.15) is 46.5 Å². The summed E-state index contributed by atoms with van der Waals surface area (Å²) in [5.74, 6) is 0.500. The first-order valence-electron chi connectivity index (χ1n) is 7.61. The van der Waals surface area contributed by atoms with Gasteiger partial charge in [0, 0.05) is 13.0 Å². The molecule has 124 valence electrons. The number of halogens is 1. The van der Waals surface area contributed by atoms with Crippen LogP contribution in [0.25, 0.3) is 0 Å². The molecule has 3 N–H and O–H groups in total. The molecule has 0 saturated carbocycles. The fraction of sp³-hybridized carbons (Fsp3) is 0.867. The molecule has 21 heavy (non-hydrogen) atoms. The van der Waals surface area contributed by atoms with Gasteiger partial charge in [-0.3, -0.25) is 9.59 Å². The van der Waals surface area contributed by atoms with E-state index in [1.54, 1.807) is 0 Å². The van der Waals surface area contributed by atoms with Gasteiger partial charge in [-0.25, -0.2) is 0 Å². The van der Waals surface area contributed by atoms with Crippen LogP contribution in [0.4, 0.5) is 0 Å². The maximum Gasteiger partial charge on any atom is 0.239 e. The molecular weight excluding hydrogens is 290 g/mol. The van der Waals surface area contributed by atoms with Gasteiger partial charge in [0.2, 0.25) is 11.8 Å². The smallest absolute Gasteiger partial charge is 0.239 e. The second-order valence-electron chi connectivity index (χ2n) is 6.87. The topological polar surface area (TPSA) is 70.2 Å². The molecule has 1 aliphatic heterocycles. The molecule has 0 spiro atoms. The van der Waals surface area contributed by atoms with Crippen LogP contribution in [-0.2, 0) is 9.59 Å². The number of amides is 2. The highest BCUT2D eigenvalue weighted by Crippen LogP contribution is 2.17. The van der Waals surface area contributed by atoms with Crippen molar-refractivity contribution >= 4 is 24.2 Å². The number of nitrogens with one attached hydrogen (secondary N) is 3. The number of hydrogen-bond acceptors (Lipinski definition) is 3. The van der Waals surface area contributed by atoms with Crippen molar-refractivity contribution in [3.63, 3.8) is 0 Å². The normalized spacial score (nSPS) is 18.5. The Morgan fingerprint density at radius 1 is 1.19 bits per heavy atom. The molecule has 0 aromatic rings. The van der Waals surface area contributed by atoms with Gasteiger partial charge >= 0.3 is 0 Å². The van der Waals surface area contributed by atoms with Crippen LogP contribution in [0.2, 0.25) is 0 Å². The number of carbonyl (C=O) groups excluding carboxylic acids is 2. The molecule has 1 heterocycles. The molecule has 1 unspecified atom stereocenters. The predicted octanol–water partition coefficient (Wildman–Crippen LogP) is 1.47. The Morgan fingerprint density at radius 3 is 2.48 bits per heavy atom. The first-order valence-corrected chi connectivity index (χ1v) is 7.61. The highest BCUT2D eigenvalue weighted by Gasteiger charge is 2.16. The molecule has 0 bridgehead atoms. The molecule has 1 rings (SSSR count). The van der Waals surface area contributed by atoms with Crippen molar-refractivity contribution in [3.05, 3.63) is 0 Å². The Balaban J connectivity index is 0.00000400. The van der Waals surface area contributed by atoms with E-state index >= 15 is 0 Å². The quantitative estimate of drug-likeness (QED) is 0.694. The molecule has 0 aromatic carbocycles. The van der Waals surface area contributed by atoms with Gasteiger partial charge in [0.25, 0.3) is 0 Å². The summed E-state index contributed by atoms with van der Waals surface area (Å²) in [6, 6.07) is 0. The third-order valence-corrected chi connectivity index (χ3v) is 3.41. The van der Waals surface area contributed by atoms with E-state index in [4.69, 9.17) is 0 Å². The van der Waals surface area contributed by atoms with E-state index in [2.05, 4.69) is 16.0 Å². The Morgan fingerprint density at radius 2 is 1.90 bits per heavy atom. The predicted molar refractivity (Wildman–Crippen MR) is 87.6 cm³/mol. The zero-order chi connectivity index (χ0) is 15.0. The first-order chi connectivity index (χ1) is 9.37. The molecule has 1 fully saturated rings. The number of piperidine rings is 1. The van der Waals surface area contributed by atoms with Crippen LogP contribution in [0.3, 0.4) is 0 Å². The zero-order valence-electron chi connectivity index (χ0n) is 13.5. The zero-order valence-corrected chi connectivity index (χ0v) is 14.3. The molecule has 0 radical (unpaired) electrons. The Bertz CT molecular complexity index is 323. The van der Waals surface area contributed by atoms with Gasteiger partial charge in [0.05, 0.1) is 6.54 Å². The summed E-state index contributed by atoms with van der Waals surface area (Å²) in [5.41, 5.74) is -0.0471. The number of hydrogen-bond donors (Lipinski definition) is 3. The van der Waals surface area contributed by atoms with Crippen LogP contribution in [0, 0.1) is 11.3 Å². The van der Waals surface area contributed by atoms with Crippen molar-refractivity contribution in [1.82, 2.24) is 16.0 Å². The van der Waals surface area contributed by atoms with Crippen LogP contribution in [-0.4, -0.2) is 38.0 Å². The van der Waals surface area contributed by atoms with Crippen molar-refractivity contribution in [2.75, 3.05) is 26.2 Å². The fourth-order valence-electron chi connectivity index (χ4n) is 2.37. The molecule has 5 nitrogen and oxygen atoms in total. The molecular formula is C15H30ClN3O2. The SMILES string of the molecule is CC(C)(C)CC(=O)NCC(=O)NCCC1CCCNC1.Cl. The van der Waals surface area contributed by atoms with Crippen LogP contribution in [0.15, 0.2) is 0 Å². The van der Waals surface area contributed by atoms with Gasteiger partial charge in [-0.2, -0.15) is 0 Å². The van der Waals surface area contributed by atoms with E-state index in [1.807, 2.05) is 20.8 Å². The number of carbonyl (C=O) groups is 2. The molecule has 6 heteroatoms. The highest BCUT2D eigenvalue weighted by atomic mass is 35.5. The number of rotatable bonds is 6. The molecule has 2 amide bonds. The lowest BCUT2D eigenvalue weighted by Gasteiger charge is -2.22. The monoisotopic (exact) mass is 319 g/mol. The van der Waals surface area contributed by atoms with Gasteiger partial charge in [-0.1, -0.05) is 20.8 Å². The van der Waals surface area contributed by atoms with Crippen molar-refractivity contribution in [1.29, 1.82) is 0 Å². The van der Waals surface area contributed by atoms with E-state index < -0.39 is 0 Å². The van der Waals surface area contributed by atoms with E-state index in [9.17, 15) is 9.59 Å². The third-order valence-electron chi connectivity index (χ3n) is 3.41. The van der Waals surface area contributed by atoms with E-state index in [0.717, 1.165) is 19.5 Å². The fourth-order valence-corrected chi connectivity index (χ4v) is 2.37. The highest BCUT2D eigenvalue weighted by molar-refractivity contribution is 5.85. The summed E-state index contributed by atoms with van der Waals surface area (Å²) >= 11 is 0. The minimum atomic E-state index is -0.101. The van der Waals surface area contributed by atoms with Gasteiger partial charge in [0.15, 0.2) is 0 Å². The summed E-state index contributed by atoms with van der Waals surface area (Å²) in [6.45, 7) is 8.96. The maximum absolute atomic E-state index is 11.6. The Kier molecular flexibility index (Phi) is 9.62. The molecule has 1 saturated heterocycles. The van der Waals surface area contributed by atoms with E-state index in [1.165, 1.54) is 12.8 Å². The minimum absolute atomic E-state index is 0. The van der Waals surface area contributed by atoms with Crippen LogP contribution < -0.4 is 16.0 Å². The van der Waals surface area contributed by atoms with Gasteiger partial charge < -0.3 is 16.0 Å². The van der Waals surface area contributed by atoms with Gasteiger partial charge in [-0.05, 0) is 43.7 Å². The second-order valence-corrected chi connectivity index (χ2v) is 6.87. The van der Waals surface area contributed by atoms with Crippen LogP contribution >= 0.6 is 12.4 Å². The van der Waals surface area contributed by atoms with Crippen LogP contribution in [0.5, 0.6) is 0 Å². The largest absolute Gasteiger partial charge is 0.355 e. The van der Waals surface area contributed by atoms with Gasteiger partial charge in [-0.15, -0.1) is 12.4 Å². The lowest BCUT2D eigenvalue weighted by Crippen LogP contribution is -2.39. The van der Waals surface area contributed by atoms with Crippen molar-refractivity contribution < 1.29 is 9.59 Å².